The molecule has 0 aromatic heterocycles. The van der Waals surface area contributed by atoms with Crippen molar-refractivity contribution >= 4 is 23.2 Å². The van der Waals surface area contributed by atoms with Crippen LogP contribution in [0.5, 0.6) is 11.5 Å². The standard InChI is InChI=1S/C22H26ClNO3/c1-14(2)10-11-24-18-9-8-16(23)12-17(18)22(3,21(24)26)13-15-6-5-7-19(27-4)20(15)25/h5-9,12,14,25H,10-11,13H2,1-4H3. The molecule has 3 rings (SSSR count). The molecule has 0 aliphatic carbocycles. The predicted octanol–water partition coefficient (Wildman–Crippen LogP) is 4.95. The van der Waals surface area contributed by atoms with Crippen molar-refractivity contribution in [2.24, 2.45) is 5.92 Å². The van der Waals surface area contributed by atoms with E-state index in [1.165, 1.54) is 7.11 Å². The molecule has 1 aliphatic heterocycles. The largest absolute Gasteiger partial charge is 0.504 e. The van der Waals surface area contributed by atoms with Crippen molar-refractivity contribution in [2.45, 2.75) is 39.0 Å². The molecule has 1 atom stereocenters. The number of aromatic hydroxyl groups is 1. The van der Waals surface area contributed by atoms with Crippen molar-refractivity contribution in [3.8, 4) is 11.5 Å². The minimum absolute atomic E-state index is 0.0441. The average Bonchev–Trinajstić information content (AvgIpc) is 2.82. The molecule has 0 fully saturated rings. The van der Waals surface area contributed by atoms with E-state index in [4.69, 9.17) is 16.3 Å². The molecule has 1 heterocycles. The van der Waals surface area contributed by atoms with E-state index in [2.05, 4.69) is 13.8 Å². The number of phenols is 1. The minimum Gasteiger partial charge on any atom is -0.504 e. The number of fused-ring (bicyclic) bond motifs is 1. The molecule has 2 aromatic rings. The van der Waals surface area contributed by atoms with Crippen molar-refractivity contribution in [1.29, 1.82) is 0 Å². The lowest BCUT2D eigenvalue weighted by molar-refractivity contribution is -0.122. The first-order chi connectivity index (χ1) is 12.8. The van der Waals surface area contributed by atoms with Gasteiger partial charge in [-0.2, -0.15) is 0 Å². The van der Waals surface area contributed by atoms with Gasteiger partial charge in [0.15, 0.2) is 11.5 Å². The number of benzene rings is 2. The number of phenolic OH excluding ortho intramolecular Hbond substituents is 1. The van der Waals surface area contributed by atoms with Gasteiger partial charge in [0.2, 0.25) is 5.91 Å². The first kappa shape index (κ1) is 19.6. The number of hydrogen-bond acceptors (Lipinski definition) is 3. The van der Waals surface area contributed by atoms with Gasteiger partial charge in [0.1, 0.15) is 0 Å². The number of halogens is 1. The Kier molecular flexibility index (Phi) is 5.38. The van der Waals surface area contributed by atoms with Gasteiger partial charge in [-0.05, 0) is 61.1 Å². The highest BCUT2D eigenvalue weighted by molar-refractivity contribution is 6.31. The van der Waals surface area contributed by atoms with Gasteiger partial charge < -0.3 is 14.7 Å². The quantitative estimate of drug-likeness (QED) is 0.763. The molecule has 27 heavy (non-hydrogen) atoms. The third kappa shape index (κ3) is 3.51. The van der Waals surface area contributed by atoms with Crippen molar-refractivity contribution in [3.05, 3.63) is 52.5 Å². The molecule has 1 N–H and O–H groups in total. The second-order valence-electron chi connectivity index (χ2n) is 7.78. The van der Waals surface area contributed by atoms with Gasteiger partial charge in [-0.3, -0.25) is 4.79 Å². The molecule has 0 saturated carbocycles. The van der Waals surface area contributed by atoms with Crippen LogP contribution in [0, 0.1) is 5.92 Å². The second-order valence-corrected chi connectivity index (χ2v) is 8.21. The molecule has 144 valence electrons. The van der Waals surface area contributed by atoms with E-state index in [1.54, 1.807) is 6.07 Å². The van der Waals surface area contributed by atoms with Crippen LogP contribution in [-0.4, -0.2) is 24.7 Å². The molecule has 1 aliphatic rings. The van der Waals surface area contributed by atoms with Gasteiger partial charge in [0, 0.05) is 17.3 Å². The van der Waals surface area contributed by atoms with Crippen molar-refractivity contribution in [3.63, 3.8) is 0 Å². The molecule has 0 bridgehead atoms. The Balaban J connectivity index is 2.04. The summed E-state index contributed by atoms with van der Waals surface area (Å²) < 4.78 is 5.22. The Morgan fingerprint density at radius 2 is 2.00 bits per heavy atom. The number of methoxy groups -OCH3 is 1. The molecule has 2 aromatic carbocycles. The van der Waals surface area contributed by atoms with Gasteiger partial charge in [-0.1, -0.05) is 37.6 Å². The molecule has 0 saturated heterocycles. The lowest BCUT2D eigenvalue weighted by Gasteiger charge is -2.25. The first-order valence-electron chi connectivity index (χ1n) is 9.24. The molecule has 5 heteroatoms. The van der Waals surface area contributed by atoms with E-state index >= 15 is 0 Å². The fourth-order valence-corrected chi connectivity index (χ4v) is 3.92. The lowest BCUT2D eigenvalue weighted by atomic mass is 9.78. The molecule has 1 unspecified atom stereocenters. The maximum absolute atomic E-state index is 13.4. The second kappa shape index (κ2) is 7.43. The Hall–Kier alpha value is -2.20. The minimum atomic E-state index is -0.791. The van der Waals surface area contributed by atoms with E-state index in [1.807, 2.05) is 42.2 Å². The summed E-state index contributed by atoms with van der Waals surface area (Å²) in [6, 6.07) is 11.0. The van der Waals surface area contributed by atoms with Crippen LogP contribution in [0.25, 0.3) is 0 Å². The van der Waals surface area contributed by atoms with Gasteiger partial charge in [0.25, 0.3) is 0 Å². The van der Waals surface area contributed by atoms with Crippen molar-refractivity contribution in [2.75, 3.05) is 18.6 Å². The van der Waals surface area contributed by atoms with E-state index in [0.717, 1.165) is 17.7 Å². The van der Waals surface area contributed by atoms with Crippen molar-refractivity contribution in [1.82, 2.24) is 0 Å². The Labute approximate surface area is 165 Å². The fraction of sp³-hybridized carbons (Fsp3) is 0.409. The summed E-state index contributed by atoms with van der Waals surface area (Å²) >= 11 is 6.26. The zero-order valence-corrected chi connectivity index (χ0v) is 17.0. The predicted molar refractivity (Wildman–Crippen MR) is 109 cm³/mol. The monoisotopic (exact) mass is 387 g/mol. The Bertz CT molecular complexity index is 865. The number of para-hydroxylation sites is 1. The third-order valence-electron chi connectivity index (χ3n) is 5.34. The van der Waals surface area contributed by atoms with E-state index in [-0.39, 0.29) is 11.7 Å². The molecule has 4 nitrogen and oxygen atoms in total. The smallest absolute Gasteiger partial charge is 0.237 e. The number of carbonyl (C=O) groups is 1. The summed E-state index contributed by atoms with van der Waals surface area (Å²) in [5.74, 6) is 1.04. The summed E-state index contributed by atoms with van der Waals surface area (Å²) in [6.07, 6.45) is 1.30. The molecule has 1 amide bonds. The molecule has 0 radical (unpaired) electrons. The highest BCUT2D eigenvalue weighted by Gasteiger charge is 2.47. The number of ether oxygens (including phenoxy) is 1. The zero-order chi connectivity index (χ0) is 19.8. The topological polar surface area (TPSA) is 49.8 Å². The number of rotatable bonds is 6. The maximum atomic E-state index is 13.4. The summed E-state index contributed by atoms with van der Waals surface area (Å²) in [5, 5.41) is 11.1. The van der Waals surface area contributed by atoms with Gasteiger partial charge in [-0.25, -0.2) is 0 Å². The summed E-state index contributed by atoms with van der Waals surface area (Å²) in [4.78, 5) is 15.3. The van der Waals surface area contributed by atoms with E-state index < -0.39 is 5.41 Å². The van der Waals surface area contributed by atoms with E-state index in [9.17, 15) is 9.90 Å². The number of carbonyl (C=O) groups excluding carboxylic acids is 1. The Morgan fingerprint density at radius 1 is 1.26 bits per heavy atom. The first-order valence-corrected chi connectivity index (χ1v) is 9.62. The lowest BCUT2D eigenvalue weighted by Crippen LogP contribution is -2.40. The number of amides is 1. The number of hydrogen-bond donors (Lipinski definition) is 1. The van der Waals surface area contributed by atoms with Gasteiger partial charge in [0.05, 0.1) is 12.5 Å². The Morgan fingerprint density at radius 3 is 2.67 bits per heavy atom. The summed E-state index contributed by atoms with van der Waals surface area (Å²) in [6.45, 7) is 6.90. The van der Waals surface area contributed by atoms with Crippen molar-refractivity contribution < 1.29 is 14.6 Å². The molecular formula is C22H26ClNO3. The van der Waals surface area contributed by atoms with Crippen LogP contribution >= 0.6 is 11.6 Å². The van der Waals surface area contributed by atoms with Crippen LogP contribution in [0.1, 0.15) is 38.3 Å². The van der Waals surface area contributed by atoms with E-state index in [0.29, 0.717) is 35.2 Å². The molecule has 0 spiro atoms. The van der Waals surface area contributed by atoms with Crippen LogP contribution in [-0.2, 0) is 16.6 Å². The van der Waals surface area contributed by atoms with Crippen LogP contribution in [0.4, 0.5) is 5.69 Å². The number of anilines is 1. The normalized spacial score (nSPS) is 18.9. The van der Waals surface area contributed by atoms with Gasteiger partial charge in [-0.15, -0.1) is 0 Å². The summed E-state index contributed by atoms with van der Waals surface area (Å²) in [5.41, 5.74) is 1.71. The summed E-state index contributed by atoms with van der Waals surface area (Å²) in [7, 11) is 1.52. The average molecular weight is 388 g/mol. The fourth-order valence-electron chi connectivity index (χ4n) is 3.74. The van der Waals surface area contributed by atoms with Crippen LogP contribution in [0.2, 0.25) is 5.02 Å². The molecular weight excluding hydrogens is 362 g/mol. The SMILES string of the molecule is COc1cccc(CC2(C)C(=O)N(CCC(C)C)c3ccc(Cl)cc32)c1O. The highest BCUT2D eigenvalue weighted by atomic mass is 35.5. The third-order valence-corrected chi connectivity index (χ3v) is 5.57. The van der Waals surface area contributed by atoms with Crippen LogP contribution < -0.4 is 9.64 Å². The van der Waals surface area contributed by atoms with Gasteiger partial charge >= 0.3 is 0 Å². The van der Waals surface area contributed by atoms with Crippen LogP contribution in [0.15, 0.2) is 36.4 Å². The highest BCUT2D eigenvalue weighted by Crippen LogP contribution is 2.46. The zero-order valence-electron chi connectivity index (χ0n) is 16.3. The maximum Gasteiger partial charge on any atom is 0.237 e. The number of nitrogens with zero attached hydrogens (tertiary/aromatic N) is 1. The van der Waals surface area contributed by atoms with Crippen LogP contribution in [0.3, 0.4) is 0 Å².